The predicted octanol–water partition coefficient (Wildman–Crippen LogP) is 0.903. The summed E-state index contributed by atoms with van der Waals surface area (Å²) in [5.74, 6) is 0.115. The maximum Gasteiger partial charge on any atom is 0.277 e. The highest BCUT2D eigenvalue weighted by molar-refractivity contribution is 5.76. The van der Waals surface area contributed by atoms with Crippen LogP contribution < -0.4 is 0 Å². The van der Waals surface area contributed by atoms with Gasteiger partial charge in [0.25, 0.3) is 12.4 Å². The van der Waals surface area contributed by atoms with E-state index in [1.807, 2.05) is 6.07 Å². The van der Waals surface area contributed by atoms with Crippen molar-refractivity contribution in [2.24, 2.45) is 4.99 Å². The number of aliphatic imine (C=N–C) groups is 1. The Balaban J connectivity index is 2.58. The smallest absolute Gasteiger partial charge is 0.277 e. The van der Waals surface area contributed by atoms with Gasteiger partial charge in [0, 0.05) is 17.3 Å². The highest BCUT2D eigenvalue weighted by Crippen LogP contribution is 1.98. The molecule has 0 spiro atoms. The summed E-state index contributed by atoms with van der Waals surface area (Å²) in [6, 6.07) is 3.63. The quantitative estimate of drug-likeness (QED) is 0.319. The number of hydrogen-bond donors (Lipinski definition) is 0. The number of aromatic nitrogens is 1. The molecule has 0 radical (unpaired) electrons. The Morgan fingerprint density at radius 3 is 3.07 bits per heavy atom. The fourth-order valence-corrected chi connectivity index (χ4v) is 0.961. The average molecular weight is 209 g/mol. The van der Waals surface area contributed by atoms with Crippen molar-refractivity contribution in [3.8, 4) is 0 Å². The first kappa shape index (κ1) is 11.1. The molecule has 0 aromatic carbocycles. The molecule has 0 amide bonds. The van der Waals surface area contributed by atoms with Crippen molar-refractivity contribution in [2.75, 3.05) is 13.7 Å². The Kier molecular flexibility index (Phi) is 4.21. The van der Waals surface area contributed by atoms with E-state index >= 15 is 0 Å². The van der Waals surface area contributed by atoms with Crippen LogP contribution in [0.3, 0.4) is 0 Å². The number of ether oxygens (including phenoxy) is 1. The molecule has 0 aliphatic heterocycles. The van der Waals surface area contributed by atoms with Gasteiger partial charge in [0.15, 0.2) is 0 Å². The Morgan fingerprint density at radius 2 is 2.53 bits per heavy atom. The molecular weight excluding hydrogens is 198 g/mol. The largest absolute Gasteiger partial charge is 0.480 e. The first-order chi connectivity index (χ1) is 7.22. The monoisotopic (exact) mass is 209 g/mol. The van der Waals surface area contributed by atoms with Crippen LogP contribution in [-0.4, -0.2) is 29.5 Å². The molecule has 1 aromatic rings. The summed E-state index contributed by atoms with van der Waals surface area (Å²) in [6.07, 6.45) is 3.31. The van der Waals surface area contributed by atoms with E-state index in [-0.39, 0.29) is 5.90 Å². The van der Waals surface area contributed by atoms with Crippen molar-refractivity contribution in [2.45, 2.75) is 6.54 Å². The first-order valence-electron chi connectivity index (χ1n) is 4.30. The van der Waals surface area contributed by atoms with Crippen molar-refractivity contribution in [3.05, 3.63) is 40.2 Å². The normalized spacial score (nSPS) is 11.1. The van der Waals surface area contributed by atoms with Gasteiger partial charge in [0.2, 0.25) is 0 Å². The molecule has 0 saturated heterocycles. The van der Waals surface area contributed by atoms with E-state index in [9.17, 15) is 10.1 Å². The van der Waals surface area contributed by atoms with E-state index in [1.165, 1.54) is 7.11 Å². The summed E-state index contributed by atoms with van der Waals surface area (Å²) >= 11 is 0. The molecule has 0 fully saturated rings. The van der Waals surface area contributed by atoms with Crippen LogP contribution in [0.4, 0.5) is 0 Å². The molecule has 15 heavy (non-hydrogen) atoms. The summed E-state index contributed by atoms with van der Waals surface area (Å²) in [4.78, 5) is 17.6. The summed E-state index contributed by atoms with van der Waals surface area (Å²) in [5, 5.41) is 10.2. The lowest BCUT2D eigenvalue weighted by atomic mass is 10.3. The zero-order valence-electron chi connectivity index (χ0n) is 8.29. The van der Waals surface area contributed by atoms with Gasteiger partial charge >= 0.3 is 0 Å². The highest BCUT2D eigenvalue weighted by atomic mass is 16.6. The first-order valence-corrected chi connectivity index (χ1v) is 4.30. The SMILES string of the molecule is COC(C[N+](=O)[O-])=NCc1cccnc1. The minimum atomic E-state index is -0.481. The Hall–Kier alpha value is -1.98. The molecule has 0 saturated carbocycles. The van der Waals surface area contributed by atoms with Gasteiger partial charge in [-0.05, 0) is 11.6 Å². The number of nitro groups is 1. The van der Waals surface area contributed by atoms with Gasteiger partial charge < -0.3 is 4.74 Å². The van der Waals surface area contributed by atoms with E-state index in [4.69, 9.17) is 4.74 Å². The lowest BCUT2D eigenvalue weighted by molar-refractivity contribution is -0.465. The molecule has 1 rings (SSSR count). The van der Waals surface area contributed by atoms with E-state index in [1.54, 1.807) is 18.5 Å². The second-order valence-electron chi connectivity index (χ2n) is 2.77. The molecule has 1 heterocycles. The maximum absolute atomic E-state index is 10.2. The highest BCUT2D eigenvalue weighted by Gasteiger charge is 2.06. The van der Waals surface area contributed by atoms with Gasteiger partial charge in [0.05, 0.1) is 13.7 Å². The minimum Gasteiger partial charge on any atom is -0.480 e. The second-order valence-corrected chi connectivity index (χ2v) is 2.77. The zero-order valence-corrected chi connectivity index (χ0v) is 8.29. The molecule has 6 heteroatoms. The Bertz CT molecular complexity index is 351. The van der Waals surface area contributed by atoms with Crippen LogP contribution in [0.1, 0.15) is 5.56 Å². The topological polar surface area (TPSA) is 77.6 Å². The van der Waals surface area contributed by atoms with Crippen LogP contribution in [-0.2, 0) is 11.3 Å². The fourth-order valence-electron chi connectivity index (χ4n) is 0.961. The van der Waals surface area contributed by atoms with Gasteiger partial charge in [-0.3, -0.25) is 15.1 Å². The maximum atomic E-state index is 10.2. The fraction of sp³-hybridized carbons (Fsp3) is 0.333. The van der Waals surface area contributed by atoms with Crippen LogP contribution in [0.5, 0.6) is 0 Å². The zero-order chi connectivity index (χ0) is 11.1. The average Bonchev–Trinajstić information content (AvgIpc) is 2.25. The minimum absolute atomic E-state index is 0.115. The van der Waals surface area contributed by atoms with Crippen LogP contribution in [0.25, 0.3) is 0 Å². The van der Waals surface area contributed by atoms with E-state index < -0.39 is 11.5 Å². The molecule has 1 aromatic heterocycles. The number of hydrogen-bond acceptors (Lipinski definition) is 5. The van der Waals surface area contributed by atoms with Crippen molar-refractivity contribution < 1.29 is 9.66 Å². The molecule has 0 aliphatic rings. The third-order valence-electron chi connectivity index (χ3n) is 1.66. The molecule has 0 atom stereocenters. The number of pyridine rings is 1. The van der Waals surface area contributed by atoms with Gasteiger partial charge in [-0.25, -0.2) is 4.99 Å². The van der Waals surface area contributed by atoms with E-state index in [0.717, 1.165) is 5.56 Å². The summed E-state index contributed by atoms with van der Waals surface area (Å²) in [7, 11) is 1.37. The third-order valence-corrected chi connectivity index (χ3v) is 1.66. The number of nitrogens with zero attached hydrogens (tertiary/aromatic N) is 3. The van der Waals surface area contributed by atoms with Crippen molar-refractivity contribution in [1.29, 1.82) is 0 Å². The van der Waals surface area contributed by atoms with Gasteiger partial charge in [0.1, 0.15) is 0 Å². The Labute approximate surface area is 86.8 Å². The second kappa shape index (κ2) is 5.69. The molecule has 0 aliphatic carbocycles. The lowest BCUT2D eigenvalue weighted by Gasteiger charge is -2.00. The van der Waals surface area contributed by atoms with Gasteiger partial charge in [-0.15, -0.1) is 0 Å². The standard InChI is InChI=1S/C9H11N3O3/c1-15-9(7-12(13)14)11-6-8-3-2-4-10-5-8/h2-5H,6-7H2,1H3. The third kappa shape index (κ3) is 4.17. The summed E-state index contributed by atoms with van der Waals surface area (Å²) < 4.78 is 4.77. The Morgan fingerprint density at radius 1 is 1.73 bits per heavy atom. The number of methoxy groups -OCH3 is 1. The molecule has 0 bridgehead atoms. The molecular formula is C9H11N3O3. The van der Waals surface area contributed by atoms with Crippen LogP contribution in [0, 0.1) is 10.1 Å². The van der Waals surface area contributed by atoms with E-state index in [0.29, 0.717) is 6.54 Å². The van der Waals surface area contributed by atoms with Gasteiger partial charge in [-0.2, -0.15) is 0 Å². The van der Waals surface area contributed by atoms with Crippen LogP contribution in [0.2, 0.25) is 0 Å². The summed E-state index contributed by atoms with van der Waals surface area (Å²) in [5.41, 5.74) is 0.885. The number of rotatable bonds is 4. The van der Waals surface area contributed by atoms with Crippen molar-refractivity contribution in [3.63, 3.8) is 0 Å². The van der Waals surface area contributed by atoms with Crippen LogP contribution >= 0.6 is 0 Å². The van der Waals surface area contributed by atoms with Crippen LogP contribution in [0.15, 0.2) is 29.5 Å². The van der Waals surface area contributed by atoms with Gasteiger partial charge in [-0.1, -0.05) is 6.07 Å². The van der Waals surface area contributed by atoms with E-state index in [2.05, 4.69) is 9.98 Å². The summed E-state index contributed by atoms with van der Waals surface area (Å²) in [6.45, 7) is -0.0540. The van der Waals surface area contributed by atoms with Crippen molar-refractivity contribution in [1.82, 2.24) is 4.98 Å². The van der Waals surface area contributed by atoms with Crippen molar-refractivity contribution >= 4 is 5.90 Å². The predicted molar refractivity (Wildman–Crippen MR) is 54.2 cm³/mol. The molecule has 0 unspecified atom stereocenters. The molecule has 80 valence electrons. The molecule has 6 nitrogen and oxygen atoms in total. The molecule has 0 N–H and O–H groups in total. The lowest BCUT2D eigenvalue weighted by Crippen LogP contribution is -2.15.